The third-order valence-corrected chi connectivity index (χ3v) is 3.96. The van der Waals surface area contributed by atoms with Gasteiger partial charge in [0.05, 0.1) is 11.6 Å². The fraction of sp³-hybridized carbons (Fsp3) is 0.357. The van der Waals surface area contributed by atoms with Gasteiger partial charge in [-0.3, -0.25) is 9.69 Å². The Hall–Kier alpha value is -2.40. The second-order valence-electron chi connectivity index (χ2n) is 5.20. The van der Waals surface area contributed by atoms with Gasteiger partial charge in [-0.05, 0) is 18.2 Å². The minimum Gasteiger partial charge on any atom is -0.465 e. The number of likely N-dealkylation sites (N-methyl/N-ethyl adjacent to an activating group) is 1. The number of carboxylic acid groups (broad SMARTS) is 1. The summed E-state index contributed by atoms with van der Waals surface area (Å²) in [6.07, 6.45) is -2.06. The number of alkyl halides is 1. The maximum absolute atomic E-state index is 14.1. The Kier molecular flexibility index (Phi) is 4.43. The van der Waals surface area contributed by atoms with Crippen molar-refractivity contribution < 1.29 is 23.5 Å². The summed E-state index contributed by atoms with van der Waals surface area (Å²) in [7, 11) is 1.33. The molecule has 9 heteroatoms. The lowest BCUT2D eigenvalue weighted by Crippen LogP contribution is -2.46. The van der Waals surface area contributed by atoms with Gasteiger partial charge in [-0.25, -0.2) is 13.6 Å². The molecule has 1 aromatic rings. The Morgan fingerprint density at radius 1 is 1.57 bits per heavy atom. The number of carbonyl (C=O) groups is 2. The van der Waals surface area contributed by atoms with E-state index in [4.69, 9.17) is 22.0 Å². The Labute approximate surface area is 135 Å². The lowest BCUT2D eigenvalue weighted by molar-refractivity contribution is -0.122. The molecule has 1 saturated heterocycles. The predicted molar refractivity (Wildman–Crippen MR) is 77.4 cm³/mol. The number of nitrogens with zero attached hydrogens (tertiary/aromatic N) is 3. The summed E-state index contributed by atoms with van der Waals surface area (Å²) in [6, 6.07) is 3.59. The maximum Gasteiger partial charge on any atom is 0.408 e. The van der Waals surface area contributed by atoms with E-state index in [0.29, 0.717) is 4.90 Å². The lowest BCUT2D eigenvalue weighted by Gasteiger charge is -2.25. The number of nitriles is 1. The minimum atomic E-state index is -2.42. The zero-order valence-electron chi connectivity index (χ0n) is 12.0. The van der Waals surface area contributed by atoms with E-state index in [2.05, 4.69) is 0 Å². The van der Waals surface area contributed by atoms with Crippen LogP contribution in [0.1, 0.15) is 6.42 Å². The molecule has 2 amide bonds. The van der Waals surface area contributed by atoms with Crippen LogP contribution in [0.5, 0.6) is 0 Å². The molecule has 1 heterocycles. The van der Waals surface area contributed by atoms with Gasteiger partial charge in [-0.2, -0.15) is 5.26 Å². The van der Waals surface area contributed by atoms with Crippen LogP contribution >= 0.6 is 11.6 Å². The molecule has 23 heavy (non-hydrogen) atoms. The van der Waals surface area contributed by atoms with Crippen LogP contribution < -0.4 is 4.90 Å². The number of carbonyl (C=O) groups excluding carboxylic acids is 1. The summed E-state index contributed by atoms with van der Waals surface area (Å²) in [4.78, 5) is 25.3. The van der Waals surface area contributed by atoms with Gasteiger partial charge < -0.3 is 10.0 Å². The van der Waals surface area contributed by atoms with Gasteiger partial charge in [0.25, 0.3) is 0 Å². The van der Waals surface area contributed by atoms with Crippen molar-refractivity contribution in [2.75, 3.05) is 18.5 Å². The highest BCUT2D eigenvalue weighted by Crippen LogP contribution is 2.32. The summed E-state index contributed by atoms with van der Waals surface area (Å²) < 4.78 is 27.3. The van der Waals surface area contributed by atoms with E-state index in [1.807, 2.05) is 0 Å². The quantitative estimate of drug-likeness (QED) is 0.893. The van der Waals surface area contributed by atoms with Crippen LogP contribution in [0.4, 0.5) is 19.3 Å². The molecule has 0 saturated carbocycles. The highest BCUT2D eigenvalue weighted by atomic mass is 35.5. The van der Waals surface area contributed by atoms with E-state index < -0.39 is 42.5 Å². The molecule has 0 aromatic heterocycles. The first-order chi connectivity index (χ1) is 10.7. The first-order valence-electron chi connectivity index (χ1n) is 6.51. The molecule has 1 aromatic carbocycles. The van der Waals surface area contributed by atoms with Gasteiger partial charge in [0.1, 0.15) is 17.9 Å². The molecule has 1 fully saturated rings. The fourth-order valence-corrected chi connectivity index (χ4v) is 2.58. The van der Waals surface area contributed by atoms with Crippen molar-refractivity contribution in [1.29, 1.82) is 5.26 Å². The number of hydrogen-bond acceptors (Lipinski definition) is 3. The highest BCUT2D eigenvalue weighted by Gasteiger charge is 2.50. The third-order valence-electron chi connectivity index (χ3n) is 3.67. The first kappa shape index (κ1) is 17.0. The summed E-state index contributed by atoms with van der Waals surface area (Å²) in [5, 5.41) is 17.7. The normalized spacial score (nSPS) is 23.4. The van der Waals surface area contributed by atoms with Crippen LogP contribution in [-0.4, -0.2) is 47.3 Å². The third kappa shape index (κ3) is 3.19. The molecule has 0 spiro atoms. The van der Waals surface area contributed by atoms with Crippen LogP contribution in [0.25, 0.3) is 0 Å². The van der Waals surface area contributed by atoms with Crippen LogP contribution in [0.3, 0.4) is 0 Å². The van der Waals surface area contributed by atoms with Crippen LogP contribution in [0, 0.1) is 17.1 Å². The molecule has 6 nitrogen and oxygen atoms in total. The fourth-order valence-electron chi connectivity index (χ4n) is 2.41. The van der Waals surface area contributed by atoms with Crippen LogP contribution in [0.15, 0.2) is 18.2 Å². The Morgan fingerprint density at radius 2 is 2.22 bits per heavy atom. The average molecular weight is 344 g/mol. The molecule has 122 valence electrons. The number of rotatable bonds is 2. The second-order valence-corrected chi connectivity index (χ2v) is 5.61. The van der Waals surface area contributed by atoms with Crippen LogP contribution in [-0.2, 0) is 4.79 Å². The number of benzene rings is 1. The van der Waals surface area contributed by atoms with Crippen molar-refractivity contribution in [2.24, 2.45) is 0 Å². The van der Waals surface area contributed by atoms with E-state index in [0.717, 1.165) is 11.0 Å². The predicted octanol–water partition coefficient (Wildman–Crippen LogP) is 2.43. The first-order valence-corrected chi connectivity index (χ1v) is 6.88. The molecule has 1 aliphatic rings. The summed E-state index contributed by atoms with van der Waals surface area (Å²) in [5.41, 5.74) is -2.19. The smallest absolute Gasteiger partial charge is 0.408 e. The van der Waals surface area contributed by atoms with Gasteiger partial charge in [-0.1, -0.05) is 11.6 Å². The van der Waals surface area contributed by atoms with Crippen molar-refractivity contribution in [1.82, 2.24) is 4.90 Å². The number of hydrogen-bond donors (Lipinski definition) is 1. The van der Waals surface area contributed by atoms with Crippen molar-refractivity contribution >= 4 is 29.3 Å². The molecule has 1 aliphatic heterocycles. The maximum atomic E-state index is 14.1. The van der Waals surface area contributed by atoms with Crippen molar-refractivity contribution in [3.05, 3.63) is 29.0 Å². The molecule has 2 atom stereocenters. The van der Waals surface area contributed by atoms with E-state index in [-0.39, 0.29) is 10.7 Å². The van der Waals surface area contributed by atoms with Gasteiger partial charge in [-0.15, -0.1) is 0 Å². The van der Waals surface area contributed by atoms with Crippen molar-refractivity contribution in [3.63, 3.8) is 0 Å². The SMILES string of the molecule is CN(C(=O)[C@H]1CC(F)(C#N)CN1C(=O)O)c1ccc(F)c(Cl)c1. The standard InChI is InChI=1S/C14H12ClF2N3O3/c1-19(8-2-3-10(16)9(15)4-8)12(21)11-5-14(17,6-18)7-20(11)13(22)23/h2-4,11H,5,7H2,1H3,(H,22,23)/t11-,14?/m1/s1. The number of anilines is 1. The molecule has 0 aliphatic carbocycles. The van der Waals surface area contributed by atoms with E-state index in [1.54, 1.807) is 0 Å². The van der Waals surface area contributed by atoms with Crippen molar-refractivity contribution in [3.8, 4) is 6.07 Å². The molecular weight excluding hydrogens is 332 g/mol. The number of amides is 2. The average Bonchev–Trinajstić information content (AvgIpc) is 2.87. The Morgan fingerprint density at radius 3 is 2.74 bits per heavy atom. The Bertz CT molecular complexity index is 709. The lowest BCUT2D eigenvalue weighted by atomic mass is 10.0. The molecule has 2 rings (SSSR count). The monoisotopic (exact) mass is 343 g/mol. The van der Waals surface area contributed by atoms with Crippen LogP contribution in [0.2, 0.25) is 5.02 Å². The Balaban J connectivity index is 2.29. The topological polar surface area (TPSA) is 84.6 Å². The van der Waals surface area contributed by atoms with Crippen molar-refractivity contribution in [2.45, 2.75) is 18.1 Å². The number of halogens is 3. The molecule has 1 unspecified atom stereocenters. The zero-order valence-corrected chi connectivity index (χ0v) is 12.7. The molecular formula is C14H12ClF2N3O3. The summed E-state index contributed by atoms with van der Waals surface area (Å²) in [6.45, 7) is -0.701. The zero-order chi connectivity index (χ0) is 17.4. The van der Waals surface area contributed by atoms with E-state index in [1.165, 1.54) is 25.2 Å². The summed E-state index contributed by atoms with van der Waals surface area (Å²) in [5.74, 6) is -1.40. The van der Waals surface area contributed by atoms with E-state index in [9.17, 15) is 18.4 Å². The van der Waals surface area contributed by atoms with Gasteiger partial charge >= 0.3 is 6.09 Å². The van der Waals surface area contributed by atoms with E-state index >= 15 is 0 Å². The highest BCUT2D eigenvalue weighted by molar-refractivity contribution is 6.31. The molecule has 0 bridgehead atoms. The largest absolute Gasteiger partial charge is 0.465 e. The second kappa shape index (κ2) is 6.01. The van der Waals surface area contributed by atoms with Gasteiger partial charge in [0.15, 0.2) is 0 Å². The summed E-state index contributed by atoms with van der Waals surface area (Å²) >= 11 is 5.65. The minimum absolute atomic E-state index is 0.208. The van der Waals surface area contributed by atoms with Gasteiger partial charge in [0.2, 0.25) is 11.6 Å². The molecule has 0 radical (unpaired) electrons. The number of likely N-dealkylation sites (tertiary alicyclic amines) is 1. The van der Waals surface area contributed by atoms with Gasteiger partial charge in [0, 0.05) is 19.2 Å². The molecule has 1 N–H and O–H groups in total.